The highest BCUT2D eigenvalue weighted by Crippen LogP contribution is 2.46. The van der Waals surface area contributed by atoms with Crippen molar-refractivity contribution in [3.63, 3.8) is 0 Å². The van der Waals surface area contributed by atoms with Gasteiger partial charge in [-0.1, -0.05) is 15.9 Å². The van der Waals surface area contributed by atoms with Crippen molar-refractivity contribution >= 4 is 95.1 Å². The standard InChI is InChI=1S/C12H16I2O5S.C12H18O5S.C7H8O3S.C5H11BrO2/c1-15-2-3-16-4-5-17-6-8-7-18-9-10(19-8)12(14)20-11(9)13;1-13-2-3-14-4-5-15-6-10-7-16-11-8-18-9-12(11)17-10;8-1-5-2-9-6-3-11-4-7(6)10-5;1-7-4-5-8-3-2-6/h8H,2-7H2,1H3;8-10H,2-7H2,1H3;3-5,8H,1-2H2;2-5H2,1H3. The lowest BCUT2D eigenvalue weighted by Crippen LogP contribution is -2.33. The second-order valence-electron chi connectivity index (χ2n) is 11.5. The Morgan fingerprint density at radius 1 is 0.561 bits per heavy atom. The molecule has 3 aliphatic rings. The molecule has 0 aliphatic carbocycles. The number of methoxy groups -OCH3 is 3. The molecule has 3 unspecified atom stereocenters. The summed E-state index contributed by atoms with van der Waals surface area (Å²) in [6, 6.07) is 0. The third-order valence-corrected chi connectivity index (χ3v) is 11.9. The monoisotopic (exact) mass is 1150 g/mol. The Morgan fingerprint density at radius 2 is 0.982 bits per heavy atom. The van der Waals surface area contributed by atoms with Crippen molar-refractivity contribution in [1.29, 1.82) is 0 Å². The van der Waals surface area contributed by atoms with Crippen LogP contribution in [0.1, 0.15) is 0 Å². The van der Waals surface area contributed by atoms with Crippen LogP contribution in [0.25, 0.3) is 0 Å². The molecule has 0 radical (unpaired) electrons. The summed E-state index contributed by atoms with van der Waals surface area (Å²) in [5.74, 6) is 4.92. The van der Waals surface area contributed by atoms with Crippen LogP contribution in [-0.4, -0.2) is 162 Å². The molecule has 0 saturated heterocycles. The van der Waals surface area contributed by atoms with E-state index in [4.69, 9.17) is 71.4 Å². The van der Waals surface area contributed by atoms with Gasteiger partial charge in [0.2, 0.25) is 0 Å². The lowest BCUT2D eigenvalue weighted by molar-refractivity contribution is -0.0180. The van der Waals surface area contributed by atoms with Crippen LogP contribution in [0.3, 0.4) is 0 Å². The van der Waals surface area contributed by atoms with Crippen molar-refractivity contribution < 1.29 is 71.4 Å². The molecule has 0 amide bonds. The van der Waals surface area contributed by atoms with E-state index in [-0.39, 0.29) is 24.9 Å². The van der Waals surface area contributed by atoms with Crippen molar-refractivity contribution in [2.75, 3.05) is 139 Å². The third kappa shape index (κ3) is 20.7. The average molecular weight is 1160 g/mol. The normalized spacial score (nSPS) is 17.4. The minimum atomic E-state index is -0.197. The van der Waals surface area contributed by atoms with Gasteiger partial charge in [-0.3, -0.25) is 0 Å². The SMILES string of the molecule is COCCOCCBr.COCCOCCOCC1COc2c(I)sc(I)c2O1.COCCOCCOCC1COc2cscc2O1.OCC1COc2cscc2O1. The topological polar surface area (TPSA) is 149 Å². The first-order chi connectivity index (χ1) is 27.9. The molecule has 3 aliphatic heterocycles. The zero-order chi connectivity index (χ0) is 40.9. The van der Waals surface area contributed by atoms with Crippen molar-refractivity contribution in [3.8, 4) is 34.5 Å². The number of aliphatic hydroxyl groups is 1. The maximum atomic E-state index is 8.75. The second kappa shape index (κ2) is 32.2. The van der Waals surface area contributed by atoms with Crippen molar-refractivity contribution in [1.82, 2.24) is 0 Å². The largest absolute Gasteiger partial charge is 0.485 e. The van der Waals surface area contributed by atoms with Crippen molar-refractivity contribution in [3.05, 3.63) is 27.3 Å². The van der Waals surface area contributed by atoms with Gasteiger partial charge in [-0.15, -0.1) is 34.0 Å². The molecule has 0 saturated carbocycles. The van der Waals surface area contributed by atoms with Gasteiger partial charge in [0.25, 0.3) is 0 Å². The van der Waals surface area contributed by atoms with Gasteiger partial charge in [-0.2, -0.15) is 0 Å². The van der Waals surface area contributed by atoms with Gasteiger partial charge in [0.05, 0.1) is 92.5 Å². The maximum Gasteiger partial charge on any atom is 0.187 e. The molecular weight excluding hydrogens is 1100 g/mol. The molecule has 0 spiro atoms. The fourth-order valence-corrected chi connectivity index (χ4v) is 9.94. The Bertz CT molecular complexity index is 1430. The van der Waals surface area contributed by atoms with Gasteiger partial charge in [0, 0.05) is 48.2 Å². The van der Waals surface area contributed by atoms with Crippen molar-refractivity contribution in [2.45, 2.75) is 18.3 Å². The maximum absolute atomic E-state index is 8.75. The van der Waals surface area contributed by atoms with E-state index in [1.54, 1.807) is 44.0 Å². The molecule has 6 rings (SSSR count). The van der Waals surface area contributed by atoms with Crippen LogP contribution >= 0.6 is 95.1 Å². The number of hydrogen-bond donors (Lipinski definition) is 1. The van der Waals surface area contributed by atoms with Crippen LogP contribution in [0.5, 0.6) is 34.5 Å². The summed E-state index contributed by atoms with van der Waals surface area (Å²) in [7, 11) is 4.97. The highest BCUT2D eigenvalue weighted by molar-refractivity contribution is 14.1. The number of alkyl halides is 1. The minimum absolute atomic E-state index is 0.00921. The number of halogens is 3. The summed E-state index contributed by atoms with van der Waals surface area (Å²) in [4.78, 5) is 0. The zero-order valence-electron chi connectivity index (χ0n) is 32.3. The molecule has 6 heterocycles. The molecule has 3 aromatic heterocycles. The molecule has 15 nitrogen and oxygen atoms in total. The molecule has 3 aromatic rings. The third-order valence-electron chi connectivity index (χ3n) is 7.14. The number of aliphatic hydroxyl groups excluding tert-OH is 1. The van der Waals surface area contributed by atoms with E-state index in [2.05, 4.69) is 61.1 Å². The molecule has 21 heteroatoms. The Hall–Kier alpha value is -0.520. The summed E-state index contributed by atoms with van der Waals surface area (Å²) in [6.07, 6.45) is -0.288. The molecular formula is C36H53BrI2O15S3. The number of rotatable bonds is 22. The van der Waals surface area contributed by atoms with Gasteiger partial charge in [0.1, 0.15) is 25.6 Å². The first kappa shape index (κ1) is 50.8. The van der Waals surface area contributed by atoms with Gasteiger partial charge < -0.3 is 71.4 Å². The second-order valence-corrected chi connectivity index (χ2v) is 18.4. The Labute approximate surface area is 382 Å². The Balaban J connectivity index is 0.000000215. The number of ether oxygens (including phenoxy) is 14. The number of hydrogen-bond acceptors (Lipinski definition) is 18. The number of thiophene rings is 3. The summed E-state index contributed by atoms with van der Waals surface area (Å²) in [5.41, 5.74) is 0. The average Bonchev–Trinajstić information content (AvgIpc) is 3.98. The van der Waals surface area contributed by atoms with Gasteiger partial charge in [-0.25, -0.2) is 0 Å². The molecule has 0 bridgehead atoms. The van der Waals surface area contributed by atoms with Crippen molar-refractivity contribution in [2.24, 2.45) is 0 Å². The van der Waals surface area contributed by atoms with E-state index in [9.17, 15) is 0 Å². The van der Waals surface area contributed by atoms with Crippen LogP contribution < -0.4 is 28.4 Å². The summed E-state index contributed by atoms with van der Waals surface area (Å²) >= 11 is 12.6. The highest BCUT2D eigenvalue weighted by Gasteiger charge is 2.28. The predicted octanol–water partition coefficient (Wildman–Crippen LogP) is 6.27. The Kier molecular flexibility index (Phi) is 28.7. The fourth-order valence-electron chi connectivity index (χ4n) is 4.38. The van der Waals surface area contributed by atoms with Crippen LogP contribution in [0.4, 0.5) is 0 Å². The number of fused-ring (bicyclic) bond motifs is 3. The molecule has 1 N–H and O–H groups in total. The van der Waals surface area contributed by atoms with Crippen LogP contribution in [0, 0.1) is 5.77 Å². The Morgan fingerprint density at radius 3 is 1.51 bits per heavy atom. The summed E-state index contributed by atoms with van der Waals surface area (Å²) in [5, 5.41) is 17.3. The molecule has 0 aromatic carbocycles. The van der Waals surface area contributed by atoms with Crippen LogP contribution in [0.2, 0.25) is 0 Å². The summed E-state index contributed by atoms with van der Waals surface area (Å²) < 4.78 is 77.0. The minimum Gasteiger partial charge on any atom is -0.485 e. The van der Waals surface area contributed by atoms with E-state index in [1.807, 2.05) is 21.5 Å². The first-order valence-corrected chi connectivity index (χ1v) is 23.9. The van der Waals surface area contributed by atoms with E-state index in [0.717, 1.165) is 52.2 Å². The fraction of sp³-hybridized carbons (Fsp3) is 0.667. The first-order valence-electron chi connectivity index (χ1n) is 17.9. The lowest BCUT2D eigenvalue weighted by atomic mass is 10.3. The van der Waals surface area contributed by atoms with Crippen LogP contribution in [0.15, 0.2) is 21.5 Å². The molecule has 57 heavy (non-hydrogen) atoms. The molecule has 0 fully saturated rings. The van der Waals surface area contributed by atoms with Crippen LogP contribution in [-0.2, 0) is 37.9 Å². The molecule has 3 atom stereocenters. The van der Waals surface area contributed by atoms with E-state index < -0.39 is 0 Å². The van der Waals surface area contributed by atoms with E-state index in [1.165, 1.54) is 11.3 Å². The van der Waals surface area contributed by atoms with Gasteiger partial charge in [0.15, 0.2) is 52.8 Å². The van der Waals surface area contributed by atoms with E-state index >= 15 is 0 Å². The lowest BCUT2D eigenvalue weighted by Gasteiger charge is -2.25. The smallest absolute Gasteiger partial charge is 0.187 e. The highest BCUT2D eigenvalue weighted by atomic mass is 127. The van der Waals surface area contributed by atoms with Gasteiger partial charge in [-0.05, 0) is 45.2 Å². The molecule has 326 valence electrons. The predicted molar refractivity (Wildman–Crippen MR) is 239 cm³/mol. The van der Waals surface area contributed by atoms with E-state index in [0.29, 0.717) is 99.1 Å². The van der Waals surface area contributed by atoms with Gasteiger partial charge >= 0.3 is 0 Å². The summed E-state index contributed by atoms with van der Waals surface area (Å²) in [6.45, 7) is 9.35. The quantitative estimate of drug-likeness (QED) is 0.0684. The zero-order valence-corrected chi connectivity index (χ0v) is 40.6.